The number of methoxy groups -OCH3 is 1. The SMILES string of the molecule is CCC(C(=O)Nc1cc(Cl)ccc1OC)n1c(=O)cc(C)c2ccccc21. The number of benzene rings is 2. The van der Waals surface area contributed by atoms with E-state index in [4.69, 9.17) is 16.3 Å². The minimum Gasteiger partial charge on any atom is -0.495 e. The third-order valence-electron chi connectivity index (χ3n) is 4.59. The fourth-order valence-corrected chi connectivity index (χ4v) is 3.44. The van der Waals surface area contributed by atoms with Gasteiger partial charge in [-0.25, -0.2) is 0 Å². The van der Waals surface area contributed by atoms with Crippen LogP contribution in [0, 0.1) is 6.92 Å². The van der Waals surface area contributed by atoms with Crippen molar-refractivity contribution in [2.24, 2.45) is 0 Å². The Bertz CT molecular complexity index is 1060. The molecule has 0 saturated heterocycles. The Morgan fingerprint density at radius 2 is 1.96 bits per heavy atom. The summed E-state index contributed by atoms with van der Waals surface area (Å²) in [6.07, 6.45) is 0.460. The molecular formula is C21H21ClN2O3. The van der Waals surface area contributed by atoms with Gasteiger partial charge in [-0.15, -0.1) is 0 Å². The van der Waals surface area contributed by atoms with Gasteiger partial charge in [0.05, 0.1) is 18.3 Å². The quantitative estimate of drug-likeness (QED) is 0.701. The number of anilines is 1. The minimum absolute atomic E-state index is 0.203. The molecule has 140 valence electrons. The van der Waals surface area contributed by atoms with Crippen LogP contribution in [0.5, 0.6) is 5.75 Å². The lowest BCUT2D eigenvalue weighted by Gasteiger charge is -2.21. The fourth-order valence-electron chi connectivity index (χ4n) is 3.27. The highest BCUT2D eigenvalue weighted by Crippen LogP contribution is 2.29. The third-order valence-corrected chi connectivity index (χ3v) is 4.82. The fraction of sp³-hybridized carbons (Fsp3) is 0.238. The van der Waals surface area contributed by atoms with Crippen molar-refractivity contribution in [3.05, 3.63) is 69.5 Å². The Labute approximate surface area is 162 Å². The number of hydrogen-bond donors (Lipinski definition) is 1. The molecule has 1 amide bonds. The second kappa shape index (κ2) is 7.84. The van der Waals surface area contributed by atoms with Crippen LogP contribution >= 0.6 is 11.6 Å². The summed E-state index contributed by atoms with van der Waals surface area (Å²) in [5.74, 6) is 0.206. The molecule has 3 aromatic rings. The van der Waals surface area contributed by atoms with Crippen molar-refractivity contribution < 1.29 is 9.53 Å². The van der Waals surface area contributed by atoms with Crippen LogP contribution in [-0.4, -0.2) is 17.6 Å². The number of hydrogen-bond acceptors (Lipinski definition) is 3. The van der Waals surface area contributed by atoms with Gasteiger partial charge in [0.15, 0.2) is 0 Å². The molecule has 6 heteroatoms. The van der Waals surface area contributed by atoms with Crippen LogP contribution < -0.4 is 15.6 Å². The number of halogens is 1. The normalized spacial score (nSPS) is 12.0. The van der Waals surface area contributed by atoms with Crippen molar-refractivity contribution in [1.82, 2.24) is 4.57 Å². The Morgan fingerprint density at radius 1 is 1.22 bits per heavy atom. The van der Waals surface area contributed by atoms with E-state index in [0.717, 1.165) is 16.5 Å². The van der Waals surface area contributed by atoms with Gasteiger partial charge in [0.25, 0.3) is 5.56 Å². The number of carbonyl (C=O) groups excluding carboxylic acids is 1. The molecule has 0 fully saturated rings. The van der Waals surface area contributed by atoms with E-state index in [9.17, 15) is 9.59 Å². The number of amides is 1. The molecule has 3 rings (SSSR count). The van der Waals surface area contributed by atoms with Crippen LogP contribution in [0.4, 0.5) is 5.69 Å². The van der Waals surface area contributed by atoms with Gasteiger partial charge in [-0.05, 0) is 43.2 Å². The lowest BCUT2D eigenvalue weighted by atomic mass is 10.1. The van der Waals surface area contributed by atoms with Crippen molar-refractivity contribution in [3.63, 3.8) is 0 Å². The van der Waals surface area contributed by atoms with Crippen LogP contribution in [-0.2, 0) is 4.79 Å². The van der Waals surface area contributed by atoms with E-state index in [1.807, 2.05) is 38.1 Å². The summed E-state index contributed by atoms with van der Waals surface area (Å²) in [5.41, 5.74) is 1.89. The molecule has 0 radical (unpaired) electrons. The van der Waals surface area contributed by atoms with Crippen LogP contribution in [0.25, 0.3) is 10.9 Å². The molecule has 1 N–H and O–H groups in total. The minimum atomic E-state index is -0.660. The monoisotopic (exact) mass is 384 g/mol. The maximum absolute atomic E-state index is 13.0. The molecule has 0 bridgehead atoms. The van der Waals surface area contributed by atoms with Gasteiger partial charge in [-0.2, -0.15) is 0 Å². The number of aromatic nitrogens is 1. The Morgan fingerprint density at radius 3 is 2.67 bits per heavy atom. The predicted molar refractivity (Wildman–Crippen MR) is 109 cm³/mol. The van der Waals surface area contributed by atoms with E-state index in [1.54, 1.807) is 28.8 Å². The maximum atomic E-state index is 13.0. The first-order chi connectivity index (χ1) is 13.0. The van der Waals surface area contributed by atoms with Gasteiger partial charge in [-0.3, -0.25) is 14.2 Å². The number of para-hydroxylation sites is 1. The molecule has 5 nitrogen and oxygen atoms in total. The number of rotatable bonds is 5. The average molecular weight is 385 g/mol. The first-order valence-electron chi connectivity index (χ1n) is 8.71. The van der Waals surface area contributed by atoms with Gasteiger partial charge < -0.3 is 10.1 Å². The van der Waals surface area contributed by atoms with Gasteiger partial charge in [-0.1, -0.05) is 36.7 Å². The lowest BCUT2D eigenvalue weighted by Crippen LogP contribution is -2.33. The number of carbonyl (C=O) groups is 1. The van der Waals surface area contributed by atoms with E-state index < -0.39 is 6.04 Å². The van der Waals surface area contributed by atoms with E-state index in [1.165, 1.54) is 7.11 Å². The third kappa shape index (κ3) is 3.69. The summed E-state index contributed by atoms with van der Waals surface area (Å²) in [6, 6.07) is 13.5. The van der Waals surface area contributed by atoms with Crippen LogP contribution in [0.2, 0.25) is 5.02 Å². The van der Waals surface area contributed by atoms with E-state index >= 15 is 0 Å². The summed E-state index contributed by atoms with van der Waals surface area (Å²) in [5, 5.41) is 4.28. The Balaban J connectivity index is 2.06. The standard InChI is InChI=1S/C21H21ClN2O3/c1-4-17(21(26)23-16-12-14(22)9-10-19(16)27-3)24-18-8-6-5-7-15(18)13(2)11-20(24)25/h5-12,17H,4H2,1-3H3,(H,23,26). The summed E-state index contributed by atoms with van der Waals surface area (Å²) < 4.78 is 6.84. The Kier molecular flexibility index (Phi) is 5.51. The van der Waals surface area contributed by atoms with Gasteiger partial charge in [0.1, 0.15) is 11.8 Å². The number of nitrogens with zero attached hydrogens (tertiary/aromatic N) is 1. The summed E-state index contributed by atoms with van der Waals surface area (Å²) in [4.78, 5) is 25.8. The van der Waals surface area contributed by atoms with Crippen LogP contribution in [0.1, 0.15) is 24.9 Å². The van der Waals surface area contributed by atoms with Crippen molar-refractivity contribution in [2.75, 3.05) is 12.4 Å². The molecule has 1 atom stereocenters. The Hall–Kier alpha value is -2.79. The topological polar surface area (TPSA) is 60.3 Å². The zero-order chi connectivity index (χ0) is 19.6. The van der Waals surface area contributed by atoms with Gasteiger partial charge >= 0.3 is 0 Å². The summed E-state index contributed by atoms with van der Waals surface area (Å²) in [7, 11) is 1.52. The van der Waals surface area contributed by atoms with Gasteiger partial charge in [0, 0.05) is 16.5 Å². The molecule has 0 spiro atoms. The molecule has 1 aromatic heterocycles. The number of pyridine rings is 1. The molecular weight excluding hydrogens is 364 g/mol. The molecule has 0 aliphatic heterocycles. The van der Waals surface area contributed by atoms with Crippen molar-refractivity contribution in [3.8, 4) is 5.75 Å². The molecule has 0 aliphatic carbocycles. The van der Waals surface area contributed by atoms with Crippen molar-refractivity contribution in [1.29, 1.82) is 0 Å². The number of ether oxygens (including phenoxy) is 1. The zero-order valence-electron chi connectivity index (χ0n) is 15.5. The molecule has 1 unspecified atom stereocenters. The smallest absolute Gasteiger partial charge is 0.252 e. The number of aryl methyl sites for hydroxylation is 1. The molecule has 0 saturated carbocycles. The highest BCUT2D eigenvalue weighted by Gasteiger charge is 2.23. The van der Waals surface area contributed by atoms with E-state index in [2.05, 4.69) is 5.32 Å². The van der Waals surface area contributed by atoms with Crippen molar-refractivity contribution in [2.45, 2.75) is 26.3 Å². The maximum Gasteiger partial charge on any atom is 0.252 e. The highest BCUT2D eigenvalue weighted by molar-refractivity contribution is 6.31. The second-order valence-electron chi connectivity index (χ2n) is 6.31. The second-order valence-corrected chi connectivity index (χ2v) is 6.75. The summed E-state index contributed by atoms with van der Waals surface area (Å²) >= 11 is 6.05. The molecule has 2 aromatic carbocycles. The number of nitrogens with one attached hydrogen (secondary N) is 1. The average Bonchev–Trinajstić information content (AvgIpc) is 2.65. The number of fused-ring (bicyclic) bond motifs is 1. The van der Waals surface area contributed by atoms with Crippen LogP contribution in [0.3, 0.4) is 0 Å². The lowest BCUT2D eigenvalue weighted by molar-refractivity contribution is -0.119. The van der Waals surface area contributed by atoms with E-state index in [0.29, 0.717) is 22.9 Å². The largest absolute Gasteiger partial charge is 0.495 e. The molecule has 1 heterocycles. The molecule has 27 heavy (non-hydrogen) atoms. The zero-order valence-corrected chi connectivity index (χ0v) is 16.2. The van der Waals surface area contributed by atoms with Crippen LogP contribution in [0.15, 0.2) is 53.3 Å². The van der Waals surface area contributed by atoms with E-state index in [-0.39, 0.29) is 11.5 Å². The highest BCUT2D eigenvalue weighted by atomic mass is 35.5. The predicted octanol–water partition coefficient (Wildman–Crippen LogP) is 4.56. The molecule has 0 aliphatic rings. The summed E-state index contributed by atoms with van der Waals surface area (Å²) in [6.45, 7) is 3.77. The first-order valence-corrected chi connectivity index (χ1v) is 9.09. The first kappa shape index (κ1) is 19.0. The van der Waals surface area contributed by atoms with Gasteiger partial charge in [0.2, 0.25) is 5.91 Å². The van der Waals surface area contributed by atoms with Crippen molar-refractivity contribution >= 4 is 34.1 Å².